The molecule has 0 aliphatic carbocycles. The Morgan fingerprint density at radius 3 is 2.31 bits per heavy atom. The number of amides is 1. The van der Waals surface area contributed by atoms with E-state index in [0.717, 1.165) is 55.4 Å². The van der Waals surface area contributed by atoms with Crippen molar-refractivity contribution in [3.8, 4) is 17.0 Å². The number of rotatable bonds is 6. The third kappa shape index (κ3) is 4.31. The van der Waals surface area contributed by atoms with Crippen LogP contribution in [0.25, 0.3) is 11.3 Å². The van der Waals surface area contributed by atoms with Gasteiger partial charge in [0.05, 0.1) is 12.3 Å². The Bertz CT molecular complexity index is 708. The molecular formula is C20H26N4O2. The molecule has 138 valence electrons. The molecule has 1 aliphatic rings. The summed E-state index contributed by atoms with van der Waals surface area (Å²) < 4.78 is 5.47. The van der Waals surface area contributed by atoms with Crippen LogP contribution in [0.4, 0.5) is 5.82 Å². The Morgan fingerprint density at radius 2 is 1.73 bits per heavy atom. The van der Waals surface area contributed by atoms with Crippen molar-refractivity contribution in [2.45, 2.75) is 26.7 Å². The molecule has 6 heteroatoms. The smallest absolute Gasteiger partial charge is 0.222 e. The number of hydrogen-bond acceptors (Lipinski definition) is 5. The van der Waals surface area contributed by atoms with Crippen LogP contribution >= 0.6 is 0 Å². The number of carbonyl (C=O) groups is 1. The average molecular weight is 354 g/mol. The summed E-state index contributed by atoms with van der Waals surface area (Å²) in [5, 5.41) is 8.76. The minimum absolute atomic E-state index is 0.254. The summed E-state index contributed by atoms with van der Waals surface area (Å²) >= 11 is 0. The average Bonchev–Trinajstić information content (AvgIpc) is 2.69. The van der Waals surface area contributed by atoms with Gasteiger partial charge in [0.2, 0.25) is 5.91 Å². The molecule has 0 atom stereocenters. The number of ether oxygens (including phenoxy) is 1. The zero-order valence-electron chi connectivity index (χ0n) is 15.5. The molecule has 0 unspecified atom stereocenters. The van der Waals surface area contributed by atoms with Gasteiger partial charge in [0.1, 0.15) is 5.75 Å². The van der Waals surface area contributed by atoms with Gasteiger partial charge in [-0.25, -0.2) is 0 Å². The summed E-state index contributed by atoms with van der Waals surface area (Å²) in [5.41, 5.74) is 1.86. The van der Waals surface area contributed by atoms with Crippen LogP contribution in [-0.2, 0) is 4.79 Å². The van der Waals surface area contributed by atoms with Crippen LogP contribution < -0.4 is 9.64 Å². The van der Waals surface area contributed by atoms with E-state index >= 15 is 0 Å². The third-order valence-corrected chi connectivity index (χ3v) is 4.53. The van der Waals surface area contributed by atoms with Crippen molar-refractivity contribution in [3.63, 3.8) is 0 Å². The Morgan fingerprint density at radius 1 is 1.00 bits per heavy atom. The van der Waals surface area contributed by atoms with Gasteiger partial charge in [-0.05, 0) is 49.7 Å². The first-order valence-electron chi connectivity index (χ1n) is 9.31. The van der Waals surface area contributed by atoms with Gasteiger partial charge in [0.25, 0.3) is 0 Å². The number of piperazine rings is 1. The summed E-state index contributed by atoms with van der Waals surface area (Å²) in [7, 11) is 0. The van der Waals surface area contributed by atoms with Crippen LogP contribution in [0.2, 0.25) is 0 Å². The first-order chi connectivity index (χ1) is 12.7. The first-order valence-corrected chi connectivity index (χ1v) is 9.31. The molecule has 1 fully saturated rings. The standard InChI is InChI=1S/C20H26N4O2/c1-3-5-20(25)24-14-12-23(13-15-24)19-11-10-18(21-22-19)16-6-8-17(9-7-16)26-4-2/h6-11H,3-5,12-15H2,1-2H3. The molecule has 0 bridgehead atoms. The zero-order chi connectivity index (χ0) is 18.4. The molecule has 1 aliphatic heterocycles. The van der Waals surface area contributed by atoms with Crippen LogP contribution in [0.15, 0.2) is 36.4 Å². The fourth-order valence-electron chi connectivity index (χ4n) is 3.09. The van der Waals surface area contributed by atoms with Gasteiger partial charge in [0.15, 0.2) is 5.82 Å². The van der Waals surface area contributed by atoms with E-state index < -0.39 is 0 Å². The Labute approximate surface area is 154 Å². The lowest BCUT2D eigenvalue weighted by Crippen LogP contribution is -2.49. The molecule has 6 nitrogen and oxygen atoms in total. The monoisotopic (exact) mass is 354 g/mol. The van der Waals surface area contributed by atoms with Crippen molar-refractivity contribution in [2.24, 2.45) is 0 Å². The lowest BCUT2D eigenvalue weighted by Gasteiger charge is -2.35. The number of anilines is 1. The van der Waals surface area contributed by atoms with Crippen molar-refractivity contribution < 1.29 is 9.53 Å². The molecule has 1 aromatic heterocycles. The predicted molar refractivity (Wildman–Crippen MR) is 102 cm³/mol. The van der Waals surface area contributed by atoms with E-state index in [9.17, 15) is 4.79 Å². The summed E-state index contributed by atoms with van der Waals surface area (Å²) in [6.45, 7) is 7.76. The second-order valence-corrected chi connectivity index (χ2v) is 6.35. The lowest BCUT2D eigenvalue weighted by atomic mass is 10.1. The fraction of sp³-hybridized carbons (Fsp3) is 0.450. The maximum absolute atomic E-state index is 12.0. The number of nitrogens with zero attached hydrogens (tertiary/aromatic N) is 4. The van der Waals surface area contributed by atoms with Crippen LogP contribution in [0, 0.1) is 0 Å². The van der Waals surface area contributed by atoms with Crippen LogP contribution in [0.5, 0.6) is 5.75 Å². The first kappa shape index (κ1) is 18.2. The number of aromatic nitrogens is 2. The molecule has 2 heterocycles. The summed E-state index contributed by atoms with van der Waals surface area (Å²) in [6.07, 6.45) is 1.54. The van der Waals surface area contributed by atoms with Gasteiger partial charge in [-0.15, -0.1) is 10.2 Å². The normalized spacial score (nSPS) is 14.4. The summed E-state index contributed by atoms with van der Waals surface area (Å²) in [5.74, 6) is 1.97. The molecule has 0 spiro atoms. The number of carbonyl (C=O) groups excluding carboxylic acids is 1. The van der Waals surface area contributed by atoms with Crippen LogP contribution in [-0.4, -0.2) is 53.8 Å². The van der Waals surface area contributed by atoms with Crippen molar-refractivity contribution in [3.05, 3.63) is 36.4 Å². The van der Waals surface area contributed by atoms with E-state index in [1.807, 2.05) is 55.1 Å². The Balaban J connectivity index is 1.60. The van der Waals surface area contributed by atoms with Crippen LogP contribution in [0.3, 0.4) is 0 Å². The quantitative estimate of drug-likeness (QED) is 0.798. The summed E-state index contributed by atoms with van der Waals surface area (Å²) in [6, 6.07) is 11.9. The topological polar surface area (TPSA) is 58.6 Å². The van der Waals surface area contributed by atoms with Crippen molar-refractivity contribution in [1.82, 2.24) is 15.1 Å². The maximum Gasteiger partial charge on any atom is 0.222 e. The second kappa shape index (κ2) is 8.65. The van der Waals surface area contributed by atoms with Gasteiger partial charge in [-0.2, -0.15) is 0 Å². The molecule has 1 saturated heterocycles. The Kier molecular flexibility index (Phi) is 6.04. The Hall–Kier alpha value is -2.63. The van der Waals surface area contributed by atoms with Gasteiger partial charge in [-0.3, -0.25) is 4.79 Å². The van der Waals surface area contributed by atoms with E-state index in [4.69, 9.17) is 4.74 Å². The molecule has 0 saturated carbocycles. The minimum Gasteiger partial charge on any atom is -0.494 e. The minimum atomic E-state index is 0.254. The van der Waals surface area contributed by atoms with Gasteiger partial charge >= 0.3 is 0 Å². The predicted octanol–water partition coefficient (Wildman–Crippen LogP) is 2.99. The highest BCUT2D eigenvalue weighted by molar-refractivity contribution is 5.76. The van der Waals surface area contributed by atoms with E-state index in [1.54, 1.807) is 0 Å². The van der Waals surface area contributed by atoms with Gasteiger partial charge in [0, 0.05) is 38.2 Å². The highest BCUT2D eigenvalue weighted by Gasteiger charge is 2.21. The van der Waals surface area contributed by atoms with E-state index in [1.165, 1.54) is 0 Å². The molecular weight excluding hydrogens is 328 g/mol. The second-order valence-electron chi connectivity index (χ2n) is 6.35. The third-order valence-electron chi connectivity index (χ3n) is 4.53. The zero-order valence-corrected chi connectivity index (χ0v) is 15.5. The lowest BCUT2D eigenvalue weighted by molar-refractivity contribution is -0.131. The van der Waals surface area contributed by atoms with E-state index in [0.29, 0.717) is 13.0 Å². The van der Waals surface area contributed by atoms with E-state index in [-0.39, 0.29) is 5.91 Å². The highest BCUT2D eigenvalue weighted by atomic mass is 16.5. The van der Waals surface area contributed by atoms with Gasteiger partial charge < -0.3 is 14.5 Å². The number of benzene rings is 1. The van der Waals surface area contributed by atoms with Crippen molar-refractivity contribution in [1.29, 1.82) is 0 Å². The molecule has 0 N–H and O–H groups in total. The molecule has 3 rings (SSSR count). The summed E-state index contributed by atoms with van der Waals surface area (Å²) in [4.78, 5) is 16.1. The van der Waals surface area contributed by atoms with Crippen molar-refractivity contribution >= 4 is 11.7 Å². The van der Waals surface area contributed by atoms with Crippen LogP contribution in [0.1, 0.15) is 26.7 Å². The van der Waals surface area contributed by atoms with Crippen molar-refractivity contribution in [2.75, 3.05) is 37.7 Å². The molecule has 0 radical (unpaired) electrons. The largest absolute Gasteiger partial charge is 0.494 e. The van der Waals surface area contributed by atoms with E-state index in [2.05, 4.69) is 15.1 Å². The maximum atomic E-state index is 12.0. The molecule has 1 amide bonds. The molecule has 26 heavy (non-hydrogen) atoms. The SMILES string of the molecule is CCCC(=O)N1CCN(c2ccc(-c3ccc(OCC)cc3)nn2)CC1. The highest BCUT2D eigenvalue weighted by Crippen LogP contribution is 2.22. The number of hydrogen-bond donors (Lipinski definition) is 0. The molecule has 1 aromatic carbocycles. The molecule has 2 aromatic rings. The van der Waals surface area contributed by atoms with Gasteiger partial charge in [-0.1, -0.05) is 6.92 Å². The fourth-order valence-corrected chi connectivity index (χ4v) is 3.09.